The van der Waals surface area contributed by atoms with Crippen LogP contribution in [0, 0.1) is 0 Å². The minimum Gasteiger partial charge on any atom is -0.493 e. The summed E-state index contributed by atoms with van der Waals surface area (Å²) in [5.74, 6) is 1.48. The summed E-state index contributed by atoms with van der Waals surface area (Å²) in [6, 6.07) is 11.2. The summed E-state index contributed by atoms with van der Waals surface area (Å²) in [6.07, 6.45) is 0. The Bertz CT molecular complexity index is 597. The first-order valence-corrected chi connectivity index (χ1v) is 7.38. The number of hydrogen-bond acceptors (Lipinski definition) is 3. The van der Waals surface area contributed by atoms with Crippen molar-refractivity contribution in [1.29, 1.82) is 0 Å². The van der Waals surface area contributed by atoms with Crippen molar-refractivity contribution in [3.8, 4) is 11.5 Å². The first kappa shape index (κ1) is 15.8. The molecule has 0 unspecified atom stereocenters. The van der Waals surface area contributed by atoms with E-state index in [1.54, 1.807) is 13.2 Å². The number of para-hydroxylation sites is 1. The van der Waals surface area contributed by atoms with E-state index >= 15 is 0 Å². The van der Waals surface area contributed by atoms with Gasteiger partial charge in [-0.1, -0.05) is 35.3 Å². The quantitative estimate of drug-likeness (QED) is 0.809. The second-order valence-electron chi connectivity index (χ2n) is 4.39. The number of benzene rings is 2. The molecular formula is C16H17Cl2NO2. The van der Waals surface area contributed by atoms with Crippen LogP contribution in [-0.2, 0) is 6.54 Å². The Morgan fingerprint density at radius 1 is 1.10 bits per heavy atom. The van der Waals surface area contributed by atoms with Crippen LogP contribution in [-0.4, -0.2) is 13.7 Å². The van der Waals surface area contributed by atoms with Crippen LogP contribution in [0.1, 0.15) is 12.5 Å². The number of rotatable bonds is 6. The molecule has 3 nitrogen and oxygen atoms in total. The molecule has 2 aromatic rings. The molecule has 112 valence electrons. The lowest BCUT2D eigenvalue weighted by molar-refractivity contribution is 0.309. The standard InChI is InChI=1S/C16H17Cl2NO2/c1-3-21-15-6-4-5-11(16(15)20-2)10-19-14-8-12(17)7-13(18)9-14/h4-9,19H,3,10H2,1-2H3. The van der Waals surface area contributed by atoms with Gasteiger partial charge in [0.25, 0.3) is 0 Å². The molecule has 0 spiro atoms. The van der Waals surface area contributed by atoms with E-state index in [4.69, 9.17) is 32.7 Å². The molecule has 0 radical (unpaired) electrons. The molecule has 0 bridgehead atoms. The Balaban J connectivity index is 2.17. The molecule has 0 aliphatic carbocycles. The van der Waals surface area contributed by atoms with Crippen molar-refractivity contribution in [3.63, 3.8) is 0 Å². The maximum absolute atomic E-state index is 5.99. The van der Waals surface area contributed by atoms with Crippen molar-refractivity contribution in [2.75, 3.05) is 19.0 Å². The molecule has 0 aliphatic rings. The molecule has 0 saturated carbocycles. The van der Waals surface area contributed by atoms with E-state index in [0.29, 0.717) is 23.2 Å². The van der Waals surface area contributed by atoms with Gasteiger partial charge in [0.15, 0.2) is 11.5 Å². The lowest BCUT2D eigenvalue weighted by atomic mass is 10.1. The van der Waals surface area contributed by atoms with E-state index in [0.717, 1.165) is 22.7 Å². The van der Waals surface area contributed by atoms with Crippen molar-refractivity contribution < 1.29 is 9.47 Å². The molecule has 0 heterocycles. The van der Waals surface area contributed by atoms with Gasteiger partial charge in [0.2, 0.25) is 0 Å². The first-order chi connectivity index (χ1) is 10.1. The Kier molecular flexibility index (Phi) is 5.59. The molecule has 5 heteroatoms. The van der Waals surface area contributed by atoms with Crippen molar-refractivity contribution in [2.45, 2.75) is 13.5 Å². The molecule has 0 aromatic heterocycles. The van der Waals surface area contributed by atoms with E-state index in [9.17, 15) is 0 Å². The molecule has 2 rings (SSSR count). The van der Waals surface area contributed by atoms with Gasteiger partial charge in [0.1, 0.15) is 0 Å². The van der Waals surface area contributed by atoms with Gasteiger partial charge in [0, 0.05) is 27.8 Å². The van der Waals surface area contributed by atoms with Gasteiger partial charge in [-0.2, -0.15) is 0 Å². The molecule has 0 saturated heterocycles. The summed E-state index contributed by atoms with van der Waals surface area (Å²) >= 11 is 12.0. The number of hydrogen-bond donors (Lipinski definition) is 1. The highest BCUT2D eigenvalue weighted by molar-refractivity contribution is 6.35. The topological polar surface area (TPSA) is 30.5 Å². The van der Waals surface area contributed by atoms with Crippen molar-refractivity contribution in [1.82, 2.24) is 0 Å². The zero-order chi connectivity index (χ0) is 15.2. The lowest BCUT2D eigenvalue weighted by Gasteiger charge is -2.15. The summed E-state index contributed by atoms with van der Waals surface area (Å²) in [7, 11) is 1.64. The van der Waals surface area contributed by atoms with Crippen LogP contribution in [0.15, 0.2) is 36.4 Å². The van der Waals surface area contributed by atoms with Crippen LogP contribution < -0.4 is 14.8 Å². The summed E-state index contributed by atoms with van der Waals surface area (Å²) in [6.45, 7) is 3.12. The van der Waals surface area contributed by atoms with E-state index in [2.05, 4.69) is 5.32 Å². The number of methoxy groups -OCH3 is 1. The molecule has 2 aromatic carbocycles. The number of halogens is 2. The fourth-order valence-electron chi connectivity index (χ4n) is 2.05. The van der Waals surface area contributed by atoms with E-state index < -0.39 is 0 Å². The molecule has 0 atom stereocenters. The lowest BCUT2D eigenvalue weighted by Crippen LogP contribution is -2.04. The van der Waals surface area contributed by atoms with E-state index in [1.807, 2.05) is 37.3 Å². The highest BCUT2D eigenvalue weighted by Gasteiger charge is 2.09. The zero-order valence-corrected chi connectivity index (χ0v) is 13.5. The third-order valence-electron chi connectivity index (χ3n) is 2.91. The van der Waals surface area contributed by atoms with Crippen LogP contribution in [0.25, 0.3) is 0 Å². The van der Waals surface area contributed by atoms with Crippen molar-refractivity contribution in [3.05, 3.63) is 52.0 Å². The van der Waals surface area contributed by atoms with Gasteiger partial charge >= 0.3 is 0 Å². The van der Waals surface area contributed by atoms with Gasteiger partial charge in [-0.3, -0.25) is 0 Å². The number of ether oxygens (including phenoxy) is 2. The van der Waals surface area contributed by atoms with Crippen LogP contribution >= 0.6 is 23.2 Å². The fraction of sp³-hybridized carbons (Fsp3) is 0.250. The van der Waals surface area contributed by atoms with Crippen LogP contribution in [0.3, 0.4) is 0 Å². The average Bonchev–Trinajstić information content (AvgIpc) is 2.44. The largest absolute Gasteiger partial charge is 0.493 e. The van der Waals surface area contributed by atoms with Gasteiger partial charge in [-0.05, 0) is 31.2 Å². The van der Waals surface area contributed by atoms with Crippen molar-refractivity contribution >= 4 is 28.9 Å². The minimum atomic E-state index is 0.584. The maximum atomic E-state index is 5.99. The Morgan fingerprint density at radius 3 is 2.43 bits per heavy atom. The van der Waals surface area contributed by atoms with Gasteiger partial charge in [-0.25, -0.2) is 0 Å². The molecular weight excluding hydrogens is 309 g/mol. The monoisotopic (exact) mass is 325 g/mol. The molecule has 1 N–H and O–H groups in total. The van der Waals surface area contributed by atoms with Crippen molar-refractivity contribution in [2.24, 2.45) is 0 Å². The summed E-state index contributed by atoms with van der Waals surface area (Å²) in [5, 5.41) is 4.48. The summed E-state index contributed by atoms with van der Waals surface area (Å²) in [5.41, 5.74) is 1.86. The third-order valence-corrected chi connectivity index (χ3v) is 3.35. The SMILES string of the molecule is CCOc1cccc(CNc2cc(Cl)cc(Cl)c2)c1OC. The Morgan fingerprint density at radius 2 is 1.81 bits per heavy atom. The predicted octanol–water partition coefficient (Wildman–Crippen LogP) is 5.01. The second-order valence-corrected chi connectivity index (χ2v) is 5.27. The molecule has 0 fully saturated rings. The highest BCUT2D eigenvalue weighted by Crippen LogP contribution is 2.32. The average molecular weight is 326 g/mol. The van der Waals surface area contributed by atoms with Gasteiger partial charge in [-0.15, -0.1) is 0 Å². The Hall–Kier alpha value is -1.58. The predicted molar refractivity (Wildman–Crippen MR) is 88.0 cm³/mol. The van der Waals surface area contributed by atoms with Crippen LogP contribution in [0.4, 0.5) is 5.69 Å². The first-order valence-electron chi connectivity index (χ1n) is 6.62. The Labute approximate surface area is 134 Å². The molecule has 0 amide bonds. The van der Waals surface area contributed by atoms with E-state index in [1.165, 1.54) is 0 Å². The zero-order valence-electron chi connectivity index (χ0n) is 12.0. The molecule has 21 heavy (non-hydrogen) atoms. The second kappa shape index (κ2) is 7.43. The van der Waals surface area contributed by atoms with Gasteiger partial charge < -0.3 is 14.8 Å². The van der Waals surface area contributed by atoms with Gasteiger partial charge in [0.05, 0.1) is 13.7 Å². The summed E-state index contributed by atoms with van der Waals surface area (Å²) in [4.78, 5) is 0. The summed E-state index contributed by atoms with van der Waals surface area (Å²) < 4.78 is 11.0. The number of nitrogens with one attached hydrogen (secondary N) is 1. The van der Waals surface area contributed by atoms with Crippen LogP contribution in [0.2, 0.25) is 10.0 Å². The normalized spacial score (nSPS) is 10.3. The fourth-order valence-corrected chi connectivity index (χ4v) is 2.58. The van der Waals surface area contributed by atoms with E-state index in [-0.39, 0.29) is 0 Å². The maximum Gasteiger partial charge on any atom is 0.165 e. The highest BCUT2D eigenvalue weighted by atomic mass is 35.5. The minimum absolute atomic E-state index is 0.584. The smallest absolute Gasteiger partial charge is 0.165 e. The third kappa shape index (κ3) is 4.19. The van der Waals surface area contributed by atoms with Crippen LogP contribution in [0.5, 0.6) is 11.5 Å². The molecule has 0 aliphatic heterocycles. The number of anilines is 1.